The molecule has 142 valence electrons. The van der Waals surface area contributed by atoms with Gasteiger partial charge >= 0.3 is 0 Å². The van der Waals surface area contributed by atoms with Crippen molar-refractivity contribution < 1.29 is 8.42 Å². The molecule has 0 unspecified atom stereocenters. The topological polar surface area (TPSA) is 68.1 Å². The van der Waals surface area contributed by atoms with Crippen LogP contribution in [0.4, 0.5) is 0 Å². The minimum atomic E-state index is -3.49. The summed E-state index contributed by atoms with van der Waals surface area (Å²) in [5, 5.41) is 8.37. The van der Waals surface area contributed by atoms with E-state index < -0.39 is 10.0 Å². The smallest absolute Gasteiger partial charge is 0.263 e. The van der Waals surface area contributed by atoms with Crippen LogP contribution in [0, 0.1) is 0 Å². The fourth-order valence-corrected chi connectivity index (χ4v) is 4.34. The predicted octanol–water partition coefficient (Wildman–Crippen LogP) is 3.48. The maximum atomic E-state index is 12.6. The Bertz CT molecular complexity index is 1100. The number of benzene rings is 2. The fourth-order valence-electron chi connectivity index (χ4n) is 3.01. The molecule has 4 rings (SSSR count). The summed E-state index contributed by atoms with van der Waals surface area (Å²) in [6.07, 6.45) is 8.09. The van der Waals surface area contributed by atoms with Crippen LogP contribution in [0.3, 0.4) is 0 Å². The Hall–Kier alpha value is -3.19. The molecule has 2 aromatic carbocycles. The molecule has 1 aliphatic heterocycles. The van der Waals surface area contributed by atoms with Gasteiger partial charge in [-0.15, -0.1) is 5.10 Å². The number of hydrogen-bond donors (Lipinski definition) is 0. The first-order valence-corrected chi connectivity index (χ1v) is 10.5. The lowest BCUT2D eigenvalue weighted by molar-refractivity contribution is 0.492. The summed E-state index contributed by atoms with van der Waals surface area (Å²) in [5.74, 6) is 0. The lowest BCUT2D eigenvalue weighted by Crippen LogP contribution is -2.29. The Morgan fingerprint density at radius 2 is 1.71 bits per heavy atom. The zero-order valence-corrected chi connectivity index (χ0v) is 16.0. The van der Waals surface area contributed by atoms with Crippen LogP contribution < -0.4 is 0 Å². The maximum absolute atomic E-state index is 12.6. The molecule has 1 aromatic heterocycles. The molecular formula is C21H20N4O2S. The van der Waals surface area contributed by atoms with Crippen molar-refractivity contribution in [2.24, 2.45) is 0 Å². The highest BCUT2D eigenvalue weighted by Crippen LogP contribution is 2.22. The van der Waals surface area contributed by atoms with Crippen LogP contribution in [0.15, 0.2) is 95.7 Å². The normalized spacial score (nSPS) is 15.9. The summed E-state index contributed by atoms with van der Waals surface area (Å²) in [5.41, 5.74) is 2.94. The van der Waals surface area contributed by atoms with Crippen LogP contribution in [-0.2, 0) is 16.6 Å². The predicted molar refractivity (Wildman–Crippen MR) is 108 cm³/mol. The van der Waals surface area contributed by atoms with Gasteiger partial charge in [0.05, 0.1) is 17.6 Å². The monoisotopic (exact) mass is 392 g/mol. The van der Waals surface area contributed by atoms with Crippen molar-refractivity contribution in [3.63, 3.8) is 0 Å². The summed E-state index contributed by atoms with van der Waals surface area (Å²) in [6, 6.07) is 18.4. The highest BCUT2D eigenvalue weighted by atomic mass is 32.2. The van der Waals surface area contributed by atoms with E-state index in [4.69, 9.17) is 0 Å². The molecular weight excluding hydrogens is 372 g/mol. The molecule has 6 nitrogen and oxygen atoms in total. The van der Waals surface area contributed by atoms with Gasteiger partial charge < -0.3 is 0 Å². The van der Waals surface area contributed by atoms with Gasteiger partial charge in [0.1, 0.15) is 5.69 Å². The van der Waals surface area contributed by atoms with Crippen LogP contribution >= 0.6 is 0 Å². The highest BCUT2D eigenvalue weighted by Gasteiger charge is 2.22. The average Bonchev–Trinajstić information content (AvgIpc) is 3.23. The van der Waals surface area contributed by atoms with Crippen molar-refractivity contribution in [1.82, 2.24) is 19.3 Å². The second-order valence-electron chi connectivity index (χ2n) is 6.47. The molecule has 0 N–H and O–H groups in total. The van der Waals surface area contributed by atoms with Crippen molar-refractivity contribution in [3.05, 3.63) is 90.8 Å². The van der Waals surface area contributed by atoms with Gasteiger partial charge in [0.2, 0.25) is 0 Å². The standard InChI is InChI=1S/C21H20N4O2S/c26-28(27,20-9-5-2-6-10-20)25-15-12-18(13-16-25)11-14-24-17-21(22-23-24)19-7-3-1-4-8-19/h1-12,15,17H,13-14,16H2/b18-11+. The molecule has 3 aromatic rings. The van der Waals surface area contributed by atoms with Gasteiger partial charge in [-0.25, -0.2) is 13.1 Å². The Morgan fingerprint density at radius 3 is 2.39 bits per heavy atom. The van der Waals surface area contributed by atoms with E-state index in [1.54, 1.807) is 41.2 Å². The number of rotatable bonds is 5. The van der Waals surface area contributed by atoms with Gasteiger partial charge in [0.15, 0.2) is 0 Å². The molecule has 0 atom stereocenters. The van der Waals surface area contributed by atoms with Crippen molar-refractivity contribution in [1.29, 1.82) is 0 Å². The Balaban J connectivity index is 1.43. The van der Waals surface area contributed by atoms with E-state index in [0.29, 0.717) is 24.4 Å². The molecule has 0 fully saturated rings. The van der Waals surface area contributed by atoms with Crippen LogP contribution in [0.1, 0.15) is 6.42 Å². The van der Waals surface area contributed by atoms with Crippen LogP contribution in [0.25, 0.3) is 11.3 Å². The number of hydrogen-bond acceptors (Lipinski definition) is 4. The van der Waals surface area contributed by atoms with Crippen molar-refractivity contribution in [3.8, 4) is 11.3 Å². The second-order valence-corrected chi connectivity index (χ2v) is 8.36. The molecule has 0 bridgehead atoms. The van der Waals surface area contributed by atoms with E-state index >= 15 is 0 Å². The van der Waals surface area contributed by atoms with E-state index in [1.165, 1.54) is 4.31 Å². The van der Waals surface area contributed by atoms with Crippen molar-refractivity contribution >= 4 is 10.0 Å². The Morgan fingerprint density at radius 1 is 1.00 bits per heavy atom. The van der Waals surface area contributed by atoms with Gasteiger partial charge in [0.25, 0.3) is 10.0 Å². The second kappa shape index (κ2) is 7.82. The molecule has 0 amide bonds. The first-order valence-electron chi connectivity index (χ1n) is 9.03. The van der Waals surface area contributed by atoms with Crippen molar-refractivity contribution in [2.45, 2.75) is 17.9 Å². The third kappa shape index (κ3) is 3.89. The van der Waals surface area contributed by atoms with Gasteiger partial charge in [-0.3, -0.25) is 4.31 Å². The number of allylic oxidation sites excluding steroid dienone is 2. The summed E-state index contributed by atoms with van der Waals surface area (Å²) < 4.78 is 28.5. The quantitative estimate of drug-likeness (QED) is 0.667. The summed E-state index contributed by atoms with van der Waals surface area (Å²) >= 11 is 0. The van der Waals surface area contributed by atoms with E-state index in [1.807, 2.05) is 48.7 Å². The van der Waals surface area contributed by atoms with E-state index in [-0.39, 0.29) is 0 Å². The Kier molecular flexibility index (Phi) is 5.08. The number of nitrogens with zero attached hydrogens (tertiary/aromatic N) is 4. The Labute approximate surface area is 164 Å². The van der Waals surface area contributed by atoms with Gasteiger partial charge in [-0.05, 0) is 30.2 Å². The minimum absolute atomic E-state index is 0.308. The zero-order chi connectivity index (χ0) is 19.4. The lowest BCUT2D eigenvalue weighted by atomic mass is 10.1. The maximum Gasteiger partial charge on any atom is 0.263 e. The molecule has 0 aliphatic carbocycles. The molecule has 1 aliphatic rings. The molecule has 28 heavy (non-hydrogen) atoms. The first kappa shape index (κ1) is 18.2. The fraction of sp³-hybridized carbons (Fsp3) is 0.143. The zero-order valence-electron chi connectivity index (χ0n) is 15.2. The minimum Gasteiger partial charge on any atom is -0.273 e. The largest absolute Gasteiger partial charge is 0.273 e. The van der Waals surface area contributed by atoms with Gasteiger partial charge in [-0.1, -0.05) is 59.8 Å². The lowest BCUT2D eigenvalue weighted by Gasteiger charge is -2.24. The van der Waals surface area contributed by atoms with Crippen LogP contribution in [-0.4, -0.2) is 34.3 Å². The van der Waals surface area contributed by atoms with E-state index in [0.717, 1.165) is 16.8 Å². The SMILES string of the molecule is O=S(=O)(c1ccccc1)N1C=C/C(=C\Cn2cc(-c3ccccc3)nn2)CC1. The molecule has 2 heterocycles. The van der Waals surface area contributed by atoms with E-state index in [2.05, 4.69) is 10.3 Å². The number of aromatic nitrogens is 3. The molecule has 0 spiro atoms. The van der Waals surface area contributed by atoms with E-state index in [9.17, 15) is 8.42 Å². The van der Waals surface area contributed by atoms with Gasteiger partial charge in [0, 0.05) is 18.3 Å². The summed E-state index contributed by atoms with van der Waals surface area (Å²) in [4.78, 5) is 0.308. The summed E-state index contributed by atoms with van der Waals surface area (Å²) in [7, 11) is -3.49. The van der Waals surface area contributed by atoms with Crippen LogP contribution in [0.2, 0.25) is 0 Å². The van der Waals surface area contributed by atoms with Crippen molar-refractivity contribution in [2.75, 3.05) is 6.54 Å². The summed E-state index contributed by atoms with van der Waals surface area (Å²) in [6.45, 7) is 1.01. The van der Waals surface area contributed by atoms with Gasteiger partial charge in [-0.2, -0.15) is 0 Å². The first-order chi connectivity index (χ1) is 13.6. The van der Waals surface area contributed by atoms with Crippen LogP contribution in [0.5, 0.6) is 0 Å². The molecule has 0 radical (unpaired) electrons. The molecule has 7 heteroatoms. The third-order valence-corrected chi connectivity index (χ3v) is 6.36. The highest BCUT2D eigenvalue weighted by molar-refractivity contribution is 7.89. The third-order valence-electron chi connectivity index (χ3n) is 4.57. The molecule has 0 saturated heterocycles. The average molecular weight is 392 g/mol. The number of sulfonamides is 1. The molecule has 0 saturated carbocycles.